The molecular formula is C11H13F2N3O2. The topological polar surface area (TPSA) is 74.8 Å². The van der Waals surface area contributed by atoms with Crippen molar-refractivity contribution in [3.8, 4) is 0 Å². The van der Waals surface area contributed by atoms with E-state index >= 15 is 0 Å². The molecule has 5 nitrogen and oxygen atoms in total. The molecule has 2 N–H and O–H groups in total. The molecule has 7 heteroatoms. The third-order valence-corrected chi connectivity index (χ3v) is 2.94. The van der Waals surface area contributed by atoms with Crippen LogP contribution in [0.3, 0.4) is 0 Å². The number of aromatic amines is 1. The monoisotopic (exact) mass is 257 g/mol. The fraction of sp³-hybridized carbons (Fsp3) is 0.545. The van der Waals surface area contributed by atoms with Crippen molar-refractivity contribution in [2.24, 2.45) is 5.92 Å². The second kappa shape index (κ2) is 4.83. The van der Waals surface area contributed by atoms with Crippen LogP contribution in [-0.2, 0) is 4.79 Å². The normalized spacial score (nSPS) is 22.4. The highest BCUT2D eigenvalue weighted by Gasteiger charge is 2.39. The second-order valence-electron chi connectivity index (χ2n) is 4.47. The van der Waals surface area contributed by atoms with Crippen LogP contribution in [-0.4, -0.2) is 22.0 Å². The summed E-state index contributed by atoms with van der Waals surface area (Å²) >= 11 is 0. The fourth-order valence-electron chi connectivity index (χ4n) is 2.08. The Bertz CT molecular complexity index is 501. The molecule has 0 spiro atoms. The van der Waals surface area contributed by atoms with Crippen LogP contribution >= 0.6 is 0 Å². The van der Waals surface area contributed by atoms with Crippen molar-refractivity contribution in [3.05, 3.63) is 22.6 Å². The smallest absolute Gasteiger partial charge is 0.266 e. The highest BCUT2D eigenvalue weighted by atomic mass is 19.3. The summed E-state index contributed by atoms with van der Waals surface area (Å²) < 4.78 is 26.3. The Kier molecular flexibility index (Phi) is 3.40. The van der Waals surface area contributed by atoms with Gasteiger partial charge >= 0.3 is 0 Å². The Hall–Kier alpha value is -1.79. The predicted molar refractivity (Wildman–Crippen MR) is 60.4 cm³/mol. The summed E-state index contributed by atoms with van der Waals surface area (Å²) in [7, 11) is 0. The predicted octanol–water partition coefficient (Wildman–Crippen LogP) is 1.53. The first-order valence-corrected chi connectivity index (χ1v) is 5.70. The van der Waals surface area contributed by atoms with Crippen molar-refractivity contribution >= 4 is 11.6 Å². The lowest BCUT2D eigenvalue weighted by atomic mass is 9.86. The fourth-order valence-corrected chi connectivity index (χ4v) is 2.08. The highest BCUT2D eigenvalue weighted by molar-refractivity contribution is 5.92. The average molecular weight is 257 g/mol. The zero-order valence-electron chi connectivity index (χ0n) is 9.58. The van der Waals surface area contributed by atoms with Crippen LogP contribution in [0.1, 0.15) is 25.7 Å². The minimum atomic E-state index is -2.77. The van der Waals surface area contributed by atoms with E-state index in [4.69, 9.17) is 0 Å². The molecule has 1 atom stereocenters. The number of carbonyl (C=O) groups excluding carboxylic acids is 1. The van der Waals surface area contributed by atoms with Gasteiger partial charge in [0, 0.05) is 24.8 Å². The van der Waals surface area contributed by atoms with Gasteiger partial charge in [-0.15, -0.1) is 0 Å². The third kappa shape index (κ3) is 3.12. The van der Waals surface area contributed by atoms with Gasteiger partial charge in [-0.25, -0.2) is 13.9 Å². The number of aromatic nitrogens is 2. The average Bonchev–Trinajstić information content (AvgIpc) is 2.27. The van der Waals surface area contributed by atoms with Crippen LogP contribution in [0, 0.1) is 5.92 Å². The molecule has 1 fully saturated rings. The van der Waals surface area contributed by atoms with Gasteiger partial charge in [0.05, 0.1) is 11.9 Å². The Balaban J connectivity index is 2.02. The lowest BCUT2D eigenvalue weighted by molar-refractivity contribution is -0.127. The molecule has 0 aromatic carbocycles. The molecule has 0 aliphatic heterocycles. The maximum atomic E-state index is 13.2. The van der Waals surface area contributed by atoms with Gasteiger partial charge < -0.3 is 5.32 Å². The number of nitrogens with zero attached hydrogens (tertiary/aromatic N) is 1. The first-order chi connectivity index (χ1) is 8.46. The number of amides is 1. The molecule has 0 radical (unpaired) electrons. The first kappa shape index (κ1) is 12.7. The van der Waals surface area contributed by atoms with E-state index < -0.39 is 29.7 Å². The van der Waals surface area contributed by atoms with E-state index in [1.165, 1.54) is 6.20 Å². The molecule has 98 valence electrons. The molecule has 18 heavy (non-hydrogen) atoms. The molecule has 0 unspecified atom stereocenters. The van der Waals surface area contributed by atoms with Crippen LogP contribution in [0.5, 0.6) is 0 Å². The van der Waals surface area contributed by atoms with E-state index in [1.54, 1.807) is 0 Å². The molecule has 1 aromatic rings. The van der Waals surface area contributed by atoms with Gasteiger partial charge in [0.1, 0.15) is 0 Å². The van der Waals surface area contributed by atoms with Gasteiger partial charge in [-0.2, -0.15) is 5.10 Å². The molecule has 1 aromatic heterocycles. The summed E-state index contributed by atoms with van der Waals surface area (Å²) in [5.41, 5.74) is -0.237. The summed E-state index contributed by atoms with van der Waals surface area (Å²) in [5, 5.41) is 8.11. The summed E-state index contributed by atoms with van der Waals surface area (Å²) in [5.74, 6) is -3.97. The Morgan fingerprint density at radius 3 is 3.00 bits per heavy atom. The number of H-pyrrole nitrogens is 1. The molecule has 1 aliphatic carbocycles. The zero-order valence-corrected chi connectivity index (χ0v) is 9.58. The highest BCUT2D eigenvalue weighted by Crippen LogP contribution is 2.36. The van der Waals surface area contributed by atoms with Crippen molar-refractivity contribution < 1.29 is 13.6 Å². The number of halogens is 2. The lowest BCUT2D eigenvalue weighted by Crippen LogP contribution is -2.33. The number of rotatable bonds is 2. The van der Waals surface area contributed by atoms with E-state index in [0.29, 0.717) is 12.8 Å². The zero-order chi connectivity index (χ0) is 13.2. The van der Waals surface area contributed by atoms with Crippen LogP contribution in [0.15, 0.2) is 17.1 Å². The van der Waals surface area contributed by atoms with Crippen molar-refractivity contribution in [2.45, 2.75) is 31.6 Å². The number of hydrogen-bond donors (Lipinski definition) is 2. The number of anilines is 1. The SMILES string of the molecule is O=C(Nc1cn[nH]c(=O)c1)[C@H]1CCCC(F)(F)C1. The lowest BCUT2D eigenvalue weighted by Gasteiger charge is -2.27. The van der Waals surface area contributed by atoms with E-state index in [-0.39, 0.29) is 12.1 Å². The van der Waals surface area contributed by atoms with E-state index in [9.17, 15) is 18.4 Å². The van der Waals surface area contributed by atoms with E-state index in [2.05, 4.69) is 15.5 Å². The molecule has 2 rings (SSSR count). The number of nitrogens with one attached hydrogen (secondary N) is 2. The molecule has 0 bridgehead atoms. The van der Waals surface area contributed by atoms with Crippen LogP contribution in [0.25, 0.3) is 0 Å². The van der Waals surface area contributed by atoms with Gasteiger partial charge in [0.2, 0.25) is 11.8 Å². The van der Waals surface area contributed by atoms with Crippen molar-refractivity contribution in [1.82, 2.24) is 10.2 Å². The molecule has 1 amide bonds. The number of carbonyl (C=O) groups is 1. The van der Waals surface area contributed by atoms with Gasteiger partial charge in [0.15, 0.2) is 0 Å². The third-order valence-electron chi connectivity index (χ3n) is 2.94. The Labute approximate surface area is 102 Å². The second-order valence-corrected chi connectivity index (χ2v) is 4.47. The minimum absolute atomic E-state index is 0.163. The molecule has 1 aliphatic rings. The van der Waals surface area contributed by atoms with Gasteiger partial charge in [-0.05, 0) is 12.8 Å². The van der Waals surface area contributed by atoms with Gasteiger partial charge in [-0.3, -0.25) is 9.59 Å². The summed E-state index contributed by atoms with van der Waals surface area (Å²) in [6.45, 7) is 0. The minimum Gasteiger partial charge on any atom is -0.324 e. The van der Waals surface area contributed by atoms with E-state index in [0.717, 1.165) is 6.07 Å². The Morgan fingerprint density at radius 1 is 1.56 bits per heavy atom. The van der Waals surface area contributed by atoms with Crippen molar-refractivity contribution in [1.29, 1.82) is 0 Å². The maximum Gasteiger partial charge on any atom is 0.266 e. The molecule has 1 saturated carbocycles. The Morgan fingerprint density at radius 2 is 2.33 bits per heavy atom. The molecule has 1 heterocycles. The van der Waals surface area contributed by atoms with Crippen molar-refractivity contribution in [3.63, 3.8) is 0 Å². The number of hydrogen-bond acceptors (Lipinski definition) is 3. The van der Waals surface area contributed by atoms with Crippen LogP contribution in [0.2, 0.25) is 0 Å². The van der Waals surface area contributed by atoms with Crippen LogP contribution in [0.4, 0.5) is 14.5 Å². The van der Waals surface area contributed by atoms with E-state index in [1.807, 2.05) is 0 Å². The van der Waals surface area contributed by atoms with Gasteiger partial charge in [0.25, 0.3) is 5.56 Å². The largest absolute Gasteiger partial charge is 0.324 e. The standard InChI is InChI=1S/C11H13F2N3O2/c12-11(13)3-1-2-7(5-11)10(18)15-8-4-9(17)16-14-6-8/h4,6-7H,1-3,5H2,(H2,15,16,17,18)/t7-/m0/s1. The molecular weight excluding hydrogens is 244 g/mol. The molecule has 0 saturated heterocycles. The quantitative estimate of drug-likeness (QED) is 0.843. The van der Waals surface area contributed by atoms with Crippen molar-refractivity contribution in [2.75, 3.05) is 5.32 Å². The maximum absolute atomic E-state index is 13.2. The first-order valence-electron chi connectivity index (χ1n) is 5.70. The van der Waals surface area contributed by atoms with Gasteiger partial charge in [-0.1, -0.05) is 0 Å². The number of alkyl halides is 2. The van der Waals surface area contributed by atoms with Crippen LogP contribution < -0.4 is 10.9 Å². The summed E-state index contributed by atoms with van der Waals surface area (Å²) in [4.78, 5) is 22.7. The summed E-state index contributed by atoms with van der Waals surface area (Å²) in [6.07, 6.45) is 1.44. The summed E-state index contributed by atoms with van der Waals surface area (Å²) in [6, 6.07) is 1.16.